The third-order valence-corrected chi connectivity index (χ3v) is 2.55. The van der Waals surface area contributed by atoms with E-state index in [-0.39, 0.29) is 11.8 Å². The zero-order valence-electron chi connectivity index (χ0n) is 11.0. The number of halogens is 3. The van der Waals surface area contributed by atoms with E-state index in [1.165, 1.54) is 12.1 Å². The van der Waals surface area contributed by atoms with Crippen LogP contribution >= 0.6 is 0 Å². The van der Waals surface area contributed by atoms with Crippen LogP contribution in [0.25, 0.3) is 0 Å². The van der Waals surface area contributed by atoms with E-state index in [1.54, 1.807) is 12.1 Å². The largest absolute Gasteiger partial charge is 0.573 e. The Morgan fingerprint density at radius 1 is 1.21 bits per heavy atom. The molecule has 1 N–H and O–H groups in total. The van der Waals surface area contributed by atoms with Crippen LogP contribution in [0, 0.1) is 12.3 Å². The lowest BCUT2D eigenvalue weighted by atomic mass is 10.0. The fraction of sp³-hybridized carbons (Fsp3) is 0.429. The molecule has 0 aromatic heterocycles. The molecule has 1 atom stereocenters. The van der Waals surface area contributed by atoms with E-state index >= 15 is 0 Å². The Morgan fingerprint density at radius 3 is 2.16 bits per heavy atom. The standard InChI is InChI=1S/C14H16F3NO/c1-5-13(3,4)18-10(2)11-6-8-12(9-7-11)19-14(15,16)17/h1,6-10,18H,2-4H3. The summed E-state index contributed by atoms with van der Waals surface area (Å²) in [5.74, 6) is 2.36. The van der Waals surface area contributed by atoms with Gasteiger partial charge in [0.2, 0.25) is 0 Å². The number of benzene rings is 1. The van der Waals surface area contributed by atoms with Gasteiger partial charge in [-0.2, -0.15) is 0 Å². The molecule has 0 amide bonds. The molecule has 0 radical (unpaired) electrons. The molecule has 0 aliphatic heterocycles. The zero-order chi connectivity index (χ0) is 14.7. The molecule has 0 spiro atoms. The highest BCUT2D eigenvalue weighted by Crippen LogP contribution is 2.24. The zero-order valence-corrected chi connectivity index (χ0v) is 11.0. The van der Waals surface area contributed by atoms with E-state index in [1.807, 2.05) is 20.8 Å². The Labute approximate surface area is 111 Å². The molecule has 2 nitrogen and oxygen atoms in total. The van der Waals surface area contributed by atoms with Gasteiger partial charge in [0.15, 0.2) is 0 Å². The van der Waals surface area contributed by atoms with Crippen LogP contribution < -0.4 is 10.1 Å². The topological polar surface area (TPSA) is 21.3 Å². The number of hydrogen-bond donors (Lipinski definition) is 1. The molecule has 104 valence electrons. The molecule has 1 aromatic rings. The molecule has 0 aliphatic rings. The molecule has 0 aliphatic carbocycles. The molecule has 5 heteroatoms. The summed E-state index contributed by atoms with van der Waals surface area (Å²) in [6, 6.07) is 5.63. The minimum Gasteiger partial charge on any atom is -0.406 e. The number of alkyl halides is 3. The molecule has 1 unspecified atom stereocenters. The predicted molar refractivity (Wildman–Crippen MR) is 67.6 cm³/mol. The maximum Gasteiger partial charge on any atom is 0.573 e. The van der Waals surface area contributed by atoms with Crippen molar-refractivity contribution in [2.45, 2.75) is 38.7 Å². The van der Waals surface area contributed by atoms with Crippen molar-refractivity contribution < 1.29 is 17.9 Å². The van der Waals surface area contributed by atoms with Crippen molar-refractivity contribution in [1.82, 2.24) is 5.32 Å². The van der Waals surface area contributed by atoms with E-state index in [9.17, 15) is 13.2 Å². The number of terminal acetylenes is 1. The Bertz CT molecular complexity index is 457. The van der Waals surface area contributed by atoms with Gasteiger partial charge < -0.3 is 4.74 Å². The van der Waals surface area contributed by atoms with Gasteiger partial charge in [-0.05, 0) is 38.5 Å². The Balaban J connectivity index is 2.74. The molecule has 0 saturated heterocycles. The van der Waals surface area contributed by atoms with Gasteiger partial charge in [-0.1, -0.05) is 18.1 Å². The van der Waals surface area contributed by atoms with Crippen LogP contribution in [0.4, 0.5) is 13.2 Å². The van der Waals surface area contributed by atoms with Crippen molar-refractivity contribution in [3.05, 3.63) is 29.8 Å². The predicted octanol–water partition coefficient (Wildman–Crippen LogP) is 3.65. The third-order valence-electron chi connectivity index (χ3n) is 2.55. The molecule has 0 bridgehead atoms. The van der Waals surface area contributed by atoms with Crippen molar-refractivity contribution in [1.29, 1.82) is 0 Å². The van der Waals surface area contributed by atoms with Crippen molar-refractivity contribution in [3.63, 3.8) is 0 Å². The molecule has 0 saturated carbocycles. The van der Waals surface area contributed by atoms with E-state index < -0.39 is 11.9 Å². The molecule has 19 heavy (non-hydrogen) atoms. The summed E-state index contributed by atoms with van der Waals surface area (Å²) >= 11 is 0. The number of nitrogens with one attached hydrogen (secondary N) is 1. The van der Waals surface area contributed by atoms with Crippen molar-refractivity contribution in [3.8, 4) is 18.1 Å². The molecular formula is C14H16F3NO. The Hall–Kier alpha value is -1.67. The lowest BCUT2D eigenvalue weighted by molar-refractivity contribution is -0.274. The molecule has 0 heterocycles. The number of rotatable bonds is 4. The summed E-state index contributed by atoms with van der Waals surface area (Å²) in [6.45, 7) is 5.59. The lowest BCUT2D eigenvalue weighted by Crippen LogP contribution is -2.39. The summed E-state index contributed by atoms with van der Waals surface area (Å²) < 4.78 is 39.8. The first-order valence-electron chi connectivity index (χ1n) is 5.74. The highest BCUT2D eigenvalue weighted by atomic mass is 19.4. The molecule has 1 rings (SSSR count). The van der Waals surface area contributed by atoms with E-state index in [4.69, 9.17) is 6.42 Å². The smallest absolute Gasteiger partial charge is 0.406 e. The maximum atomic E-state index is 12.0. The van der Waals surface area contributed by atoms with E-state index in [2.05, 4.69) is 16.0 Å². The first-order chi connectivity index (χ1) is 8.63. The van der Waals surface area contributed by atoms with Crippen LogP contribution in [0.2, 0.25) is 0 Å². The van der Waals surface area contributed by atoms with Crippen LogP contribution in [-0.2, 0) is 0 Å². The maximum absolute atomic E-state index is 12.0. The van der Waals surface area contributed by atoms with Gasteiger partial charge in [0.25, 0.3) is 0 Å². The number of ether oxygens (including phenoxy) is 1. The summed E-state index contributed by atoms with van der Waals surface area (Å²) in [5.41, 5.74) is 0.346. The quantitative estimate of drug-likeness (QED) is 0.844. The summed E-state index contributed by atoms with van der Waals surface area (Å²) in [6.07, 6.45) is 0.699. The van der Waals surface area contributed by atoms with E-state index in [0.717, 1.165) is 5.56 Å². The van der Waals surface area contributed by atoms with E-state index in [0.29, 0.717) is 0 Å². The highest BCUT2D eigenvalue weighted by molar-refractivity contribution is 5.29. The fourth-order valence-electron chi connectivity index (χ4n) is 1.62. The second kappa shape index (κ2) is 5.54. The van der Waals surface area contributed by atoms with Gasteiger partial charge in [0, 0.05) is 6.04 Å². The number of hydrogen-bond acceptors (Lipinski definition) is 2. The van der Waals surface area contributed by atoms with Gasteiger partial charge in [0.05, 0.1) is 5.54 Å². The van der Waals surface area contributed by atoms with Gasteiger partial charge in [0.1, 0.15) is 5.75 Å². The van der Waals surface area contributed by atoms with Crippen molar-refractivity contribution >= 4 is 0 Å². The second-order valence-corrected chi connectivity index (χ2v) is 4.75. The molecule has 0 fully saturated rings. The second-order valence-electron chi connectivity index (χ2n) is 4.75. The highest BCUT2D eigenvalue weighted by Gasteiger charge is 2.31. The fourth-order valence-corrected chi connectivity index (χ4v) is 1.62. The first kappa shape index (κ1) is 15.4. The van der Waals surface area contributed by atoms with Gasteiger partial charge in [-0.15, -0.1) is 19.6 Å². The van der Waals surface area contributed by atoms with Crippen molar-refractivity contribution in [2.24, 2.45) is 0 Å². The van der Waals surface area contributed by atoms with Crippen LogP contribution in [0.3, 0.4) is 0 Å². The van der Waals surface area contributed by atoms with Gasteiger partial charge >= 0.3 is 6.36 Å². The van der Waals surface area contributed by atoms with Crippen LogP contribution in [0.1, 0.15) is 32.4 Å². The Morgan fingerprint density at radius 2 is 1.74 bits per heavy atom. The third kappa shape index (κ3) is 5.23. The van der Waals surface area contributed by atoms with Crippen LogP contribution in [0.5, 0.6) is 5.75 Å². The first-order valence-corrected chi connectivity index (χ1v) is 5.74. The average molecular weight is 271 g/mol. The Kier molecular flexibility index (Phi) is 4.48. The monoisotopic (exact) mass is 271 g/mol. The van der Waals surface area contributed by atoms with Gasteiger partial charge in [-0.3, -0.25) is 5.32 Å². The summed E-state index contributed by atoms with van der Waals surface area (Å²) in [4.78, 5) is 0. The van der Waals surface area contributed by atoms with Crippen LogP contribution in [-0.4, -0.2) is 11.9 Å². The lowest BCUT2D eigenvalue weighted by Gasteiger charge is -2.25. The molecule has 1 aromatic carbocycles. The normalized spacial score (nSPS) is 13.7. The minimum atomic E-state index is -4.67. The minimum absolute atomic E-state index is 0.0778. The van der Waals surface area contributed by atoms with Crippen molar-refractivity contribution in [2.75, 3.05) is 0 Å². The molecular weight excluding hydrogens is 255 g/mol. The summed E-state index contributed by atoms with van der Waals surface area (Å²) in [7, 11) is 0. The average Bonchev–Trinajstić information content (AvgIpc) is 2.27. The SMILES string of the molecule is C#CC(C)(C)NC(C)c1ccc(OC(F)(F)F)cc1. The van der Waals surface area contributed by atoms with Gasteiger partial charge in [-0.25, -0.2) is 0 Å². The summed E-state index contributed by atoms with van der Waals surface area (Å²) in [5, 5.41) is 3.19. The van der Waals surface area contributed by atoms with Crippen LogP contribution in [0.15, 0.2) is 24.3 Å².